The number of aryl methyl sites for hydroxylation is 1. The van der Waals surface area contributed by atoms with Gasteiger partial charge >= 0.3 is 0 Å². The van der Waals surface area contributed by atoms with E-state index in [1.165, 1.54) is 12.1 Å². The molecule has 1 atom stereocenters. The van der Waals surface area contributed by atoms with Crippen LogP contribution in [0.2, 0.25) is 0 Å². The first-order valence-electron chi connectivity index (χ1n) is 7.00. The monoisotopic (exact) mass is 250 g/mol. The lowest BCUT2D eigenvalue weighted by Crippen LogP contribution is -2.27. The van der Waals surface area contributed by atoms with Crippen LogP contribution in [-0.4, -0.2) is 22.0 Å². The zero-order chi connectivity index (χ0) is 15.5. The fraction of sp³-hybridized carbons (Fsp3) is 0.333. The summed E-state index contributed by atoms with van der Waals surface area (Å²) in [5.41, 5.74) is 8.12. The van der Waals surface area contributed by atoms with Gasteiger partial charge in [-0.05, 0) is 19.1 Å². The van der Waals surface area contributed by atoms with Crippen molar-refractivity contribution < 1.29 is 8.50 Å². The molecule has 0 aliphatic carbocycles. The van der Waals surface area contributed by atoms with Crippen LogP contribution >= 0.6 is 0 Å². The van der Waals surface area contributed by atoms with Gasteiger partial charge < -0.3 is 10.6 Å². The van der Waals surface area contributed by atoms with Crippen molar-refractivity contribution >= 4 is 11.4 Å². The second-order valence-corrected chi connectivity index (χ2v) is 4.40. The Hall–Kier alpha value is -2.11. The number of nitrogen functional groups attached to an aromatic ring is 1. The second-order valence-electron chi connectivity index (χ2n) is 4.40. The summed E-state index contributed by atoms with van der Waals surface area (Å²) in [5.74, 6) is -0.497. The first kappa shape index (κ1) is 8.07. The Balaban J connectivity index is 2.30. The molecule has 1 aromatic heterocycles. The number of halogens is 1. The number of nitrogens with two attached hydrogens (primary N) is 1. The number of hydrogen-bond acceptors (Lipinski definition) is 4. The van der Waals surface area contributed by atoms with Gasteiger partial charge in [0.1, 0.15) is 17.2 Å². The van der Waals surface area contributed by atoms with Crippen LogP contribution in [0.25, 0.3) is 11.3 Å². The molecule has 2 N–H and O–H groups in total. The molecule has 18 heavy (non-hydrogen) atoms. The van der Waals surface area contributed by atoms with Gasteiger partial charge in [0.05, 0.1) is 17.4 Å². The van der Waals surface area contributed by atoms with Gasteiger partial charge in [0.2, 0.25) is 0 Å². The van der Waals surface area contributed by atoms with Gasteiger partial charge in [-0.2, -0.15) is 15.0 Å². The number of benzene rings is 1. The van der Waals surface area contributed by atoms with Crippen LogP contribution in [0.5, 0.6) is 0 Å². The number of aromatic nitrogens is 3. The third-order valence-electron chi connectivity index (χ3n) is 3.33. The molecule has 1 unspecified atom stereocenters. The molecule has 0 radical (unpaired) electrons. The maximum absolute atomic E-state index is 13.6. The normalized spacial score (nSPS) is 20.7. The SMILES string of the molecule is [2H]C([2H])([2H])n1nc2c(n1)C(C)N(C)c1c(N)cc(F)cc1-2. The molecule has 0 saturated heterocycles. The van der Waals surface area contributed by atoms with E-state index >= 15 is 0 Å². The Morgan fingerprint density at radius 3 is 2.94 bits per heavy atom. The predicted octanol–water partition coefficient (Wildman–Crippen LogP) is 1.71. The molecule has 1 aliphatic heterocycles. The lowest BCUT2D eigenvalue weighted by molar-refractivity contribution is 0.623. The summed E-state index contributed by atoms with van der Waals surface area (Å²) in [6.45, 7) is -0.613. The maximum atomic E-state index is 13.6. The largest absolute Gasteiger partial charge is 0.397 e. The standard InChI is InChI=1S/C12H14FN5/c1-6-10-11(16-18(3)15-10)8-4-7(13)5-9(14)12(8)17(6)2/h4-6H,14H2,1-3H3/i3D3. The number of rotatable bonds is 0. The quantitative estimate of drug-likeness (QED) is 0.723. The Labute approximate surface area is 108 Å². The summed E-state index contributed by atoms with van der Waals surface area (Å²) in [4.78, 5) is 2.53. The zero-order valence-corrected chi connectivity index (χ0v) is 9.98. The van der Waals surface area contributed by atoms with Gasteiger partial charge in [-0.3, -0.25) is 0 Å². The van der Waals surface area contributed by atoms with Crippen LogP contribution in [-0.2, 0) is 6.98 Å². The summed E-state index contributed by atoms with van der Waals surface area (Å²) in [5, 5.41) is 8.07. The Kier molecular flexibility index (Phi) is 1.54. The first-order valence-corrected chi connectivity index (χ1v) is 5.50. The van der Waals surface area contributed by atoms with Crippen molar-refractivity contribution in [3.05, 3.63) is 23.6 Å². The van der Waals surface area contributed by atoms with Gasteiger partial charge in [0, 0.05) is 23.7 Å². The predicted molar refractivity (Wildman–Crippen MR) is 67.6 cm³/mol. The highest BCUT2D eigenvalue weighted by molar-refractivity contribution is 5.89. The van der Waals surface area contributed by atoms with Gasteiger partial charge in [-0.25, -0.2) is 4.39 Å². The van der Waals surface area contributed by atoms with Crippen LogP contribution in [0.3, 0.4) is 0 Å². The summed E-state index contributed by atoms with van der Waals surface area (Å²) in [6.07, 6.45) is 0. The first-order chi connectivity index (χ1) is 9.70. The highest BCUT2D eigenvalue weighted by Crippen LogP contribution is 2.45. The topological polar surface area (TPSA) is 60.0 Å². The fourth-order valence-electron chi connectivity index (χ4n) is 2.36. The van der Waals surface area contributed by atoms with E-state index in [0.29, 0.717) is 27.4 Å². The van der Waals surface area contributed by atoms with E-state index in [4.69, 9.17) is 9.85 Å². The summed E-state index contributed by atoms with van der Waals surface area (Å²) in [7, 11) is 1.80. The van der Waals surface area contributed by atoms with Crippen LogP contribution < -0.4 is 10.6 Å². The molecular formula is C12H14FN5. The van der Waals surface area contributed by atoms with Crippen molar-refractivity contribution in [3.8, 4) is 11.3 Å². The lowest BCUT2D eigenvalue weighted by atomic mass is 9.97. The van der Waals surface area contributed by atoms with Crippen molar-refractivity contribution in [2.45, 2.75) is 13.0 Å². The summed E-state index contributed by atoms with van der Waals surface area (Å²) < 4.78 is 35.8. The van der Waals surface area contributed by atoms with E-state index in [9.17, 15) is 4.39 Å². The van der Waals surface area contributed by atoms with Crippen molar-refractivity contribution in [1.82, 2.24) is 15.0 Å². The minimum absolute atomic E-state index is 0.212. The maximum Gasteiger partial charge on any atom is 0.126 e. The molecule has 94 valence electrons. The fourth-order valence-corrected chi connectivity index (χ4v) is 2.36. The highest BCUT2D eigenvalue weighted by atomic mass is 19.1. The van der Waals surface area contributed by atoms with E-state index in [2.05, 4.69) is 10.2 Å². The van der Waals surface area contributed by atoms with Gasteiger partial charge in [-0.15, -0.1) is 0 Å². The number of nitrogens with zero attached hydrogens (tertiary/aromatic N) is 4. The number of fused-ring (bicyclic) bond motifs is 3. The molecule has 0 saturated carbocycles. The molecule has 2 aromatic rings. The van der Waals surface area contributed by atoms with Crippen molar-refractivity contribution in [3.63, 3.8) is 0 Å². The molecule has 3 rings (SSSR count). The minimum atomic E-state index is -2.48. The Morgan fingerprint density at radius 1 is 1.44 bits per heavy atom. The smallest absolute Gasteiger partial charge is 0.126 e. The van der Waals surface area contributed by atoms with Crippen LogP contribution in [0.4, 0.5) is 15.8 Å². The van der Waals surface area contributed by atoms with Crippen LogP contribution in [0, 0.1) is 5.82 Å². The van der Waals surface area contributed by atoms with Crippen LogP contribution in [0.1, 0.15) is 22.8 Å². The molecule has 0 amide bonds. The Bertz CT molecular complexity index is 724. The van der Waals surface area contributed by atoms with E-state index in [0.717, 1.165) is 0 Å². The van der Waals surface area contributed by atoms with E-state index in [-0.39, 0.29) is 11.7 Å². The molecular weight excluding hydrogens is 233 g/mol. The van der Waals surface area contributed by atoms with E-state index < -0.39 is 12.8 Å². The van der Waals surface area contributed by atoms with Crippen molar-refractivity contribution in [1.29, 1.82) is 0 Å². The third-order valence-corrected chi connectivity index (χ3v) is 3.33. The molecule has 2 heterocycles. The van der Waals surface area contributed by atoms with Gasteiger partial charge in [0.15, 0.2) is 0 Å². The summed E-state index contributed by atoms with van der Waals surface area (Å²) >= 11 is 0. The molecule has 0 spiro atoms. The molecule has 1 aromatic carbocycles. The van der Waals surface area contributed by atoms with Crippen LogP contribution in [0.15, 0.2) is 12.1 Å². The molecule has 1 aliphatic rings. The molecule has 5 nitrogen and oxygen atoms in total. The molecule has 0 fully saturated rings. The number of anilines is 2. The van der Waals surface area contributed by atoms with Gasteiger partial charge in [-0.1, -0.05) is 0 Å². The van der Waals surface area contributed by atoms with Crippen molar-refractivity contribution in [2.75, 3.05) is 17.7 Å². The number of hydrogen-bond donors (Lipinski definition) is 1. The molecule has 6 heteroatoms. The second kappa shape index (κ2) is 3.44. The highest BCUT2D eigenvalue weighted by Gasteiger charge is 2.31. The molecule has 0 bridgehead atoms. The average Bonchev–Trinajstić information content (AvgIpc) is 2.80. The lowest BCUT2D eigenvalue weighted by Gasteiger charge is -2.33. The Morgan fingerprint density at radius 2 is 2.22 bits per heavy atom. The van der Waals surface area contributed by atoms with Gasteiger partial charge in [0.25, 0.3) is 0 Å². The minimum Gasteiger partial charge on any atom is -0.397 e. The summed E-state index contributed by atoms with van der Waals surface area (Å²) in [6, 6.07) is 2.32. The van der Waals surface area contributed by atoms with E-state index in [1.807, 2.05) is 11.8 Å². The van der Waals surface area contributed by atoms with Crippen molar-refractivity contribution in [2.24, 2.45) is 6.98 Å². The average molecular weight is 250 g/mol. The zero-order valence-electron chi connectivity index (χ0n) is 13.0. The van der Waals surface area contributed by atoms with E-state index in [1.54, 1.807) is 7.05 Å². The third kappa shape index (κ3) is 1.32.